The summed E-state index contributed by atoms with van der Waals surface area (Å²) in [5, 5.41) is 9.27. The quantitative estimate of drug-likeness (QED) is 0.598. The van der Waals surface area contributed by atoms with Gasteiger partial charge in [0, 0.05) is 27.0 Å². The highest BCUT2D eigenvalue weighted by Crippen LogP contribution is 2.41. The minimum Gasteiger partial charge on any atom is -0.477 e. The molecule has 122 valence electrons. The molecule has 0 atom stereocenters. The standard InChI is InChI=1S/C18H12F2O2S2/c1-23-12-5-2-10(3-6-12)14-9-16(18(21)22)24-17(14)13-7-4-11(19)8-15(13)20/h2-9H,1H3,(H,21,22). The molecule has 3 rings (SSSR count). The molecule has 1 heterocycles. The maximum Gasteiger partial charge on any atom is 0.345 e. The molecule has 2 nitrogen and oxygen atoms in total. The van der Waals surface area contributed by atoms with Gasteiger partial charge in [-0.1, -0.05) is 12.1 Å². The number of benzene rings is 2. The zero-order chi connectivity index (χ0) is 17.3. The number of halogens is 2. The van der Waals surface area contributed by atoms with E-state index in [1.54, 1.807) is 11.8 Å². The molecule has 0 saturated carbocycles. The molecule has 2 aromatic carbocycles. The van der Waals surface area contributed by atoms with Crippen molar-refractivity contribution in [3.8, 4) is 21.6 Å². The Morgan fingerprint density at radius 2 is 1.75 bits per heavy atom. The predicted octanol–water partition coefficient (Wildman–Crippen LogP) is 5.78. The topological polar surface area (TPSA) is 37.3 Å². The maximum absolute atomic E-state index is 14.2. The van der Waals surface area contributed by atoms with Crippen LogP contribution in [0.2, 0.25) is 0 Å². The lowest BCUT2D eigenvalue weighted by atomic mass is 10.0. The van der Waals surface area contributed by atoms with Gasteiger partial charge in [0.05, 0.1) is 0 Å². The number of thioether (sulfide) groups is 1. The van der Waals surface area contributed by atoms with E-state index < -0.39 is 17.6 Å². The molecule has 0 spiro atoms. The molecular formula is C18H12F2O2S2. The van der Waals surface area contributed by atoms with E-state index in [0.717, 1.165) is 27.9 Å². The number of carboxylic acid groups (broad SMARTS) is 1. The van der Waals surface area contributed by atoms with Gasteiger partial charge < -0.3 is 5.11 Å². The Morgan fingerprint density at radius 1 is 1.04 bits per heavy atom. The monoisotopic (exact) mass is 362 g/mol. The predicted molar refractivity (Wildman–Crippen MR) is 93.8 cm³/mol. The van der Waals surface area contributed by atoms with E-state index in [1.165, 1.54) is 18.2 Å². The molecule has 0 bridgehead atoms. The minimum absolute atomic E-state index is 0.109. The van der Waals surface area contributed by atoms with Crippen LogP contribution in [-0.4, -0.2) is 17.3 Å². The van der Waals surface area contributed by atoms with Gasteiger partial charge in [0.2, 0.25) is 0 Å². The summed E-state index contributed by atoms with van der Waals surface area (Å²) in [6.45, 7) is 0. The van der Waals surface area contributed by atoms with E-state index >= 15 is 0 Å². The van der Waals surface area contributed by atoms with Gasteiger partial charge in [-0.2, -0.15) is 0 Å². The highest BCUT2D eigenvalue weighted by molar-refractivity contribution is 7.98. The van der Waals surface area contributed by atoms with Crippen LogP contribution in [0.3, 0.4) is 0 Å². The molecule has 0 radical (unpaired) electrons. The van der Waals surface area contributed by atoms with Crippen molar-refractivity contribution in [1.29, 1.82) is 0 Å². The first-order valence-electron chi connectivity index (χ1n) is 6.96. The number of hydrogen-bond donors (Lipinski definition) is 1. The number of thiophene rings is 1. The molecule has 0 aliphatic rings. The van der Waals surface area contributed by atoms with Crippen LogP contribution in [-0.2, 0) is 0 Å². The largest absolute Gasteiger partial charge is 0.477 e. The minimum atomic E-state index is -1.07. The summed E-state index contributed by atoms with van der Waals surface area (Å²) in [6.07, 6.45) is 1.96. The normalized spacial score (nSPS) is 10.8. The molecule has 1 aromatic heterocycles. The third-order valence-corrected chi connectivity index (χ3v) is 5.42. The molecule has 0 amide bonds. The Labute approximate surface area is 145 Å². The highest BCUT2D eigenvalue weighted by atomic mass is 32.2. The molecule has 1 N–H and O–H groups in total. The lowest BCUT2D eigenvalue weighted by Gasteiger charge is -2.06. The highest BCUT2D eigenvalue weighted by Gasteiger charge is 2.19. The maximum atomic E-state index is 14.2. The number of rotatable bonds is 4. The van der Waals surface area contributed by atoms with E-state index in [0.29, 0.717) is 10.4 Å². The van der Waals surface area contributed by atoms with E-state index in [9.17, 15) is 18.7 Å². The molecule has 0 aliphatic carbocycles. The van der Waals surface area contributed by atoms with Gasteiger partial charge in [-0.15, -0.1) is 23.1 Å². The fourth-order valence-corrected chi connectivity index (χ4v) is 3.81. The zero-order valence-corrected chi connectivity index (χ0v) is 14.2. The summed E-state index contributed by atoms with van der Waals surface area (Å²) >= 11 is 2.57. The van der Waals surface area contributed by atoms with E-state index in [-0.39, 0.29) is 10.4 Å². The van der Waals surface area contributed by atoms with Gasteiger partial charge in [0.1, 0.15) is 16.5 Å². The molecule has 0 fully saturated rings. The third kappa shape index (κ3) is 3.20. The van der Waals surface area contributed by atoms with Crippen LogP contribution in [0, 0.1) is 11.6 Å². The lowest BCUT2D eigenvalue weighted by Crippen LogP contribution is -1.89. The molecule has 0 saturated heterocycles. The first-order valence-corrected chi connectivity index (χ1v) is 9.00. The number of hydrogen-bond acceptors (Lipinski definition) is 3. The fraction of sp³-hybridized carbons (Fsp3) is 0.0556. The van der Waals surface area contributed by atoms with Crippen LogP contribution in [0.15, 0.2) is 53.4 Å². The van der Waals surface area contributed by atoms with Gasteiger partial charge in [-0.3, -0.25) is 0 Å². The van der Waals surface area contributed by atoms with Gasteiger partial charge in [0.25, 0.3) is 0 Å². The second kappa shape index (κ2) is 6.75. The molecule has 6 heteroatoms. The smallest absolute Gasteiger partial charge is 0.345 e. The van der Waals surface area contributed by atoms with Gasteiger partial charge in [-0.25, -0.2) is 13.6 Å². The Kier molecular flexibility index (Phi) is 4.69. The summed E-state index contributed by atoms with van der Waals surface area (Å²) in [4.78, 5) is 13.0. The molecule has 3 aromatic rings. The van der Waals surface area contributed by atoms with Crippen LogP contribution in [0.4, 0.5) is 8.78 Å². The summed E-state index contributed by atoms with van der Waals surface area (Å²) in [6, 6.07) is 12.4. The average Bonchev–Trinajstić information content (AvgIpc) is 3.00. The van der Waals surface area contributed by atoms with Crippen molar-refractivity contribution < 1.29 is 18.7 Å². The summed E-state index contributed by atoms with van der Waals surface area (Å²) in [5.41, 5.74) is 1.60. The van der Waals surface area contributed by atoms with E-state index in [2.05, 4.69) is 0 Å². The SMILES string of the molecule is CSc1ccc(-c2cc(C(=O)O)sc2-c2ccc(F)cc2F)cc1. The average molecular weight is 362 g/mol. The molecule has 24 heavy (non-hydrogen) atoms. The van der Waals surface area contributed by atoms with Crippen LogP contribution in [0.5, 0.6) is 0 Å². The Hall–Kier alpha value is -2.18. The fourth-order valence-electron chi connectivity index (χ4n) is 2.36. The van der Waals surface area contributed by atoms with Crippen LogP contribution in [0.25, 0.3) is 21.6 Å². The Morgan fingerprint density at radius 3 is 2.33 bits per heavy atom. The first kappa shape index (κ1) is 16.7. The molecular weight excluding hydrogens is 350 g/mol. The number of carboxylic acids is 1. The lowest BCUT2D eigenvalue weighted by molar-refractivity contribution is 0.0702. The van der Waals surface area contributed by atoms with Gasteiger partial charge in [-0.05, 0) is 42.2 Å². The van der Waals surface area contributed by atoms with Crippen molar-refractivity contribution in [3.05, 3.63) is 65.0 Å². The summed E-state index contributed by atoms with van der Waals surface area (Å²) in [5.74, 6) is -2.45. The summed E-state index contributed by atoms with van der Waals surface area (Å²) < 4.78 is 27.3. The second-order valence-corrected chi connectivity index (χ2v) is 6.94. The Bertz CT molecular complexity index is 902. The number of carbonyl (C=O) groups is 1. The van der Waals surface area contributed by atoms with Crippen molar-refractivity contribution >= 4 is 29.1 Å². The third-order valence-electron chi connectivity index (χ3n) is 3.52. The van der Waals surface area contributed by atoms with Crippen molar-refractivity contribution in [3.63, 3.8) is 0 Å². The van der Waals surface area contributed by atoms with Crippen LogP contribution >= 0.6 is 23.1 Å². The van der Waals surface area contributed by atoms with Crippen molar-refractivity contribution in [2.75, 3.05) is 6.26 Å². The van der Waals surface area contributed by atoms with Crippen molar-refractivity contribution in [1.82, 2.24) is 0 Å². The van der Waals surface area contributed by atoms with Crippen molar-refractivity contribution in [2.45, 2.75) is 4.90 Å². The van der Waals surface area contributed by atoms with Crippen molar-refractivity contribution in [2.24, 2.45) is 0 Å². The molecule has 0 unspecified atom stereocenters. The van der Waals surface area contributed by atoms with Crippen LogP contribution in [0.1, 0.15) is 9.67 Å². The van der Waals surface area contributed by atoms with E-state index in [4.69, 9.17) is 0 Å². The summed E-state index contributed by atoms with van der Waals surface area (Å²) in [7, 11) is 0. The van der Waals surface area contributed by atoms with Gasteiger partial charge in [0.15, 0.2) is 0 Å². The first-order chi connectivity index (χ1) is 11.5. The van der Waals surface area contributed by atoms with Gasteiger partial charge >= 0.3 is 5.97 Å². The molecule has 0 aliphatic heterocycles. The van der Waals surface area contributed by atoms with E-state index in [1.807, 2.05) is 30.5 Å². The number of aromatic carboxylic acids is 1. The van der Waals surface area contributed by atoms with Crippen LogP contribution < -0.4 is 0 Å². The Balaban J connectivity index is 2.18. The zero-order valence-electron chi connectivity index (χ0n) is 12.5. The second-order valence-electron chi connectivity index (χ2n) is 5.01.